The molecule has 7 nitrogen and oxygen atoms in total. The van der Waals surface area contributed by atoms with Crippen LogP contribution in [0.15, 0.2) is 30.5 Å². The van der Waals surface area contributed by atoms with E-state index in [0.717, 1.165) is 76.0 Å². The number of likely N-dealkylation sites (tertiary alicyclic amines) is 1. The first-order valence-corrected chi connectivity index (χ1v) is 10.7. The molecule has 7 heteroatoms. The highest BCUT2D eigenvalue weighted by Gasteiger charge is 2.40. The van der Waals surface area contributed by atoms with Crippen molar-refractivity contribution >= 4 is 0 Å². The Balaban J connectivity index is 1.14. The molecule has 1 unspecified atom stereocenters. The second-order valence-corrected chi connectivity index (χ2v) is 8.53. The SMILES string of the molecule is Cc1ncc(CN2CCC3(CC2)CN(CC2COc4ccccc4O2)CCO3)[nH]1. The van der Waals surface area contributed by atoms with Gasteiger partial charge in [-0.2, -0.15) is 0 Å². The van der Waals surface area contributed by atoms with E-state index in [2.05, 4.69) is 19.8 Å². The number of hydrogen-bond acceptors (Lipinski definition) is 6. The lowest BCUT2D eigenvalue weighted by atomic mass is 9.89. The van der Waals surface area contributed by atoms with Crippen LogP contribution in [0.4, 0.5) is 0 Å². The van der Waals surface area contributed by atoms with Gasteiger partial charge in [-0.3, -0.25) is 9.80 Å². The van der Waals surface area contributed by atoms with Gasteiger partial charge in [0.15, 0.2) is 11.5 Å². The average Bonchev–Trinajstić information content (AvgIpc) is 3.15. The van der Waals surface area contributed by atoms with Crippen molar-refractivity contribution in [2.24, 2.45) is 0 Å². The normalized spacial score (nSPS) is 24.7. The van der Waals surface area contributed by atoms with Crippen LogP contribution in [-0.2, 0) is 11.3 Å². The Morgan fingerprint density at radius 3 is 2.76 bits per heavy atom. The van der Waals surface area contributed by atoms with E-state index in [4.69, 9.17) is 14.2 Å². The molecule has 0 bridgehead atoms. The molecule has 29 heavy (non-hydrogen) atoms. The summed E-state index contributed by atoms with van der Waals surface area (Å²) in [5.74, 6) is 2.69. The summed E-state index contributed by atoms with van der Waals surface area (Å²) in [5, 5.41) is 0. The fourth-order valence-electron chi connectivity index (χ4n) is 4.73. The summed E-state index contributed by atoms with van der Waals surface area (Å²) >= 11 is 0. The monoisotopic (exact) mass is 398 g/mol. The number of aromatic amines is 1. The third-order valence-electron chi connectivity index (χ3n) is 6.27. The Morgan fingerprint density at radius 2 is 1.97 bits per heavy atom. The standard InChI is InChI=1S/C22H30N4O3/c1-17-23-12-18(24-17)13-25-8-6-22(7-9-25)16-26(10-11-28-22)14-19-15-27-20-4-2-3-5-21(20)29-19/h2-5,12,19H,6-11,13-16H2,1H3,(H,23,24). The number of para-hydroxylation sites is 2. The van der Waals surface area contributed by atoms with Crippen molar-refractivity contribution in [2.45, 2.75) is 38.0 Å². The number of fused-ring (bicyclic) bond motifs is 1. The maximum absolute atomic E-state index is 6.32. The zero-order valence-corrected chi connectivity index (χ0v) is 17.1. The van der Waals surface area contributed by atoms with Crippen molar-refractivity contribution in [3.8, 4) is 11.5 Å². The molecule has 2 saturated heterocycles. The molecule has 0 amide bonds. The number of ether oxygens (including phenoxy) is 3. The van der Waals surface area contributed by atoms with E-state index in [1.165, 1.54) is 5.69 Å². The van der Waals surface area contributed by atoms with Crippen molar-refractivity contribution in [3.05, 3.63) is 42.0 Å². The van der Waals surface area contributed by atoms with E-state index in [0.29, 0.717) is 6.61 Å². The van der Waals surface area contributed by atoms with Crippen molar-refractivity contribution in [1.29, 1.82) is 0 Å². The highest BCUT2D eigenvalue weighted by atomic mass is 16.6. The number of nitrogens with zero attached hydrogens (tertiary/aromatic N) is 3. The number of H-pyrrole nitrogens is 1. The van der Waals surface area contributed by atoms with E-state index >= 15 is 0 Å². The van der Waals surface area contributed by atoms with Gasteiger partial charge in [0.1, 0.15) is 18.5 Å². The summed E-state index contributed by atoms with van der Waals surface area (Å²) in [7, 11) is 0. The van der Waals surface area contributed by atoms with Crippen LogP contribution in [0.2, 0.25) is 0 Å². The van der Waals surface area contributed by atoms with Gasteiger partial charge >= 0.3 is 0 Å². The van der Waals surface area contributed by atoms with E-state index in [-0.39, 0.29) is 11.7 Å². The predicted octanol–water partition coefficient (Wildman–Crippen LogP) is 2.22. The number of benzene rings is 1. The largest absolute Gasteiger partial charge is 0.486 e. The molecule has 1 spiro atoms. The summed E-state index contributed by atoms with van der Waals surface area (Å²) in [5.41, 5.74) is 1.17. The molecule has 1 aromatic heterocycles. The molecule has 1 N–H and O–H groups in total. The van der Waals surface area contributed by atoms with Gasteiger partial charge in [-0.05, 0) is 31.9 Å². The van der Waals surface area contributed by atoms with Gasteiger partial charge in [-0.1, -0.05) is 12.1 Å². The molecular weight excluding hydrogens is 368 g/mol. The number of rotatable bonds is 4. The molecule has 3 aliphatic heterocycles. The average molecular weight is 399 g/mol. The number of aromatic nitrogens is 2. The molecule has 0 radical (unpaired) electrons. The zero-order chi connectivity index (χ0) is 19.7. The van der Waals surface area contributed by atoms with E-state index in [9.17, 15) is 0 Å². The van der Waals surface area contributed by atoms with Gasteiger partial charge in [0.25, 0.3) is 0 Å². The van der Waals surface area contributed by atoms with Gasteiger partial charge in [0.2, 0.25) is 0 Å². The van der Waals surface area contributed by atoms with E-state index in [1.54, 1.807) is 0 Å². The van der Waals surface area contributed by atoms with Crippen molar-refractivity contribution in [1.82, 2.24) is 19.8 Å². The zero-order valence-electron chi connectivity index (χ0n) is 17.1. The lowest BCUT2D eigenvalue weighted by Crippen LogP contribution is -2.58. The molecule has 0 aliphatic carbocycles. The molecule has 1 aromatic carbocycles. The Morgan fingerprint density at radius 1 is 1.14 bits per heavy atom. The van der Waals surface area contributed by atoms with Crippen LogP contribution in [-0.4, -0.2) is 77.4 Å². The fraction of sp³-hybridized carbons (Fsp3) is 0.591. The first-order valence-electron chi connectivity index (χ1n) is 10.7. The summed E-state index contributed by atoms with van der Waals surface area (Å²) in [6, 6.07) is 7.92. The van der Waals surface area contributed by atoms with Crippen LogP contribution in [0.3, 0.4) is 0 Å². The van der Waals surface area contributed by atoms with Gasteiger partial charge in [0.05, 0.1) is 12.2 Å². The topological polar surface area (TPSA) is 62.9 Å². The number of aryl methyl sites for hydroxylation is 1. The van der Waals surface area contributed by atoms with Crippen LogP contribution in [0, 0.1) is 6.92 Å². The number of nitrogens with one attached hydrogen (secondary N) is 1. The second-order valence-electron chi connectivity index (χ2n) is 8.53. The van der Waals surface area contributed by atoms with Crippen LogP contribution in [0.25, 0.3) is 0 Å². The minimum absolute atomic E-state index is 0.0217. The molecule has 156 valence electrons. The number of imidazole rings is 1. The lowest BCUT2D eigenvalue weighted by molar-refractivity contribution is -0.141. The van der Waals surface area contributed by atoms with E-state index in [1.807, 2.05) is 37.4 Å². The second kappa shape index (κ2) is 7.97. The number of piperidine rings is 1. The minimum atomic E-state index is -0.0217. The molecule has 1 atom stereocenters. The number of morpholine rings is 1. The number of hydrogen-bond donors (Lipinski definition) is 1. The summed E-state index contributed by atoms with van der Waals surface area (Å²) < 4.78 is 18.4. The van der Waals surface area contributed by atoms with Crippen LogP contribution < -0.4 is 9.47 Å². The summed E-state index contributed by atoms with van der Waals surface area (Å²) in [4.78, 5) is 12.6. The Kier molecular flexibility index (Phi) is 5.20. The fourth-order valence-corrected chi connectivity index (χ4v) is 4.73. The van der Waals surface area contributed by atoms with Crippen LogP contribution in [0.5, 0.6) is 11.5 Å². The Bertz CT molecular complexity index is 831. The third-order valence-corrected chi connectivity index (χ3v) is 6.27. The Hall–Kier alpha value is -2.09. The summed E-state index contributed by atoms with van der Waals surface area (Å²) in [6.45, 7) is 9.28. The van der Waals surface area contributed by atoms with Crippen molar-refractivity contribution < 1.29 is 14.2 Å². The smallest absolute Gasteiger partial charge is 0.161 e. The molecule has 4 heterocycles. The van der Waals surface area contributed by atoms with Crippen LogP contribution in [0.1, 0.15) is 24.4 Å². The van der Waals surface area contributed by atoms with E-state index < -0.39 is 0 Å². The van der Waals surface area contributed by atoms with Gasteiger partial charge in [0, 0.05) is 51.2 Å². The highest BCUT2D eigenvalue weighted by Crippen LogP contribution is 2.33. The van der Waals surface area contributed by atoms with Gasteiger partial charge in [-0.15, -0.1) is 0 Å². The molecule has 0 saturated carbocycles. The molecule has 2 aromatic rings. The third kappa shape index (κ3) is 4.27. The highest BCUT2D eigenvalue weighted by molar-refractivity contribution is 5.40. The minimum Gasteiger partial charge on any atom is -0.486 e. The molecule has 3 aliphatic rings. The van der Waals surface area contributed by atoms with Crippen LogP contribution >= 0.6 is 0 Å². The maximum atomic E-state index is 6.32. The predicted molar refractivity (Wildman–Crippen MR) is 109 cm³/mol. The first kappa shape index (κ1) is 18.9. The lowest BCUT2D eigenvalue weighted by Gasteiger charge is -2.48. The first-order chi connectivity index (χ1) is 14.2. The Labute approximate surface area is 172 Å². The van der Waals surface area contributed by atoms with Gasteiger partial charge in [-0.25, -0.2) is 4.98 Å². The quantitative estimate of drug-likeness (QED) is 0.852. The molecule has 5 rings (SSSR count). The van der Waals surface area contributed by atoms with Crippen molar-refractivity contribution in [3.63, 3.8) is 0 Å². The maximum Gasteiger partial charge on any atom is 0.161 e. The van der Waals surface area contributed by atoms with Crippen molar-refractivity contribution in [2.75, 3.05) is 45.9 Å². The molecular formula is C22H30N4O3. The molecule has 2 fully saturated rings. The van der Waals surface area contributed by atoms with Gasteiger partial charge < -0.3 is 19.2 Å². The summed E-state index contributed by atoms with van der Waals surface area (Å²) in [6.07, 6.45) is 4.16.